The van der Waals surface area contributed by atoms with Crippen molar-refractivity contribution in [3.05, 3.63) is 35.4 Å². The minimum atomic E-state index is -0.358. The summed E-state index contributed by atoms with van der Waals surface area (Å²) >= 11 is 0. The second-order valence-corrected chi connectivity index (χ2v) is 4.41. The van der Waals surface area contributed by atoms with Crippen LogP contribution in [0.3, 0.4) is 0 Å². The highest BCUT2D eigenvalue weighted by Crippen LogP contribution is 2.06. The van der Waals surface area contributed by atoms with Gasteiger partial charge in [0.1, 0.15) is 0 Å². The molecule has 94 valence electrons. The maximum atomic E-state index is 12.0. The number of hydrogen-bond acceptors (Lipinski definition) is 4. The van der Waals surface area contributed by atoms with Gasteiger partial charge in [0.2, 0.25) is 11.8 Å². The standard InChI is InChI=1S/C13H14N2O3/c1-9-2-4-10(5-3-9)11(16)6-15-7-12(17)14-13(18)8-15/h2-5H,6-8H2,1H3,(H,14,17,18). The second kappa shape index (κ2) is 5.10. The highest BCUT2D eigenvalue weighted by Gasteiger charge is 2.24. The van der Waals surface area contributed by atoms with E-state index in [1.54, 1.807) is 17.0 Å². The van der Waals surface area contributed by atoms with Crippen molar-refractivity contribution in [1.82, 2.24) is 10.2 Å². The van der Waals surface area contributed by atoms with Crippen LogP contribution in [-0.4, -0.2) is 42.1 Å². The molecule has 0 aromatic heterocycles. The molecule has 18 heavy (non-hydrogen) atoms. The van der Waals surface area contributed by atoms with Gasteiger partial charge in [-0.05, 0) is 6.92 Å². The average Bonchev–Trinajstić information content (AvgIpc) is 2.28. The third-order valence-corrected chi connectivity index (χ3v) is 2.75. The van der Waals surface area contributed by atoms with Crippen LogP contribution in [0.4, 0.5) is 0 Å². The van der Waals surface area contributed by atoms with Gasteiger partial charge in [0, 0.05) is 5.56 Å². The molecule has 1 aliphatic heterocycles. The highest BCUT2D eigenvalue weighted by atomic mass is 16.2. The number of amides is 2. The first-order chi connectivity index (χ1) is 8.54. The van der Waals surface area contributed by atoms with Crippen LogP contribution in [0.25, 0.3) is 0 Å². The van der Waals surface area contributed by atoms with Crippen LogP contribution in [0.5, 0.6) is 0 Å². The van der Waals surface area contributed by atoms with Gasteiger partial charge in [-0.1, -0.05) is 29.8 Å². The fourth-order valence-electron chi connectivity index (χ4n) is 1.84. The number of ketones is 1. The van der Waals surface area contributed by atoms with Gasteiger partial charge in [-0.3, -0.25) is 24.6 Å². The molecule has 0 atom stereocenters. The lowest BCUT2D eigenvalue weighted by atomic mass is 10.1. The number of nitrogens with one attached hydrogen (secondary N) is 1. The van der Waals surface area contributed by atoms with Crippen molar-refractivity contribution >= 4 is 17.6 Å². The van der Waals surface area contributed by atoms with Gasteiger partial charge >= 0.3 is 0 Å². The molecule has 0 spiro atoms. The SMILES string of the molecule is Cc1ccc(C(=O)CN2CC(=O)NC(=O)C2)cc1. The van der Waals surface area contributed by atoms with E-state index in [2.05, 4.69) is 5.32 Å². The Morgan fingerprint density at radius 1 is 1.17 bits per heavy atom. The van der Waals surface area contributed by atoms with E-state index in [0.717, 1.165) is 5.56 Å². The molecule has 1 saturated heterocycles. The van der Waals surface area contributed by atoms with Gasteiger partial charge in [0.25, 0.3) is 0 Å². The van der Waals surface area contributed by atoms with E-state index in [9.17, 15) is 14.4 Å². The third-order valence-electron chi connectivity index (χ3n) is 2.75. The smallest absolute Gasteiger partial charge is 0.240 e. The lowest BCUT2D eigenvalue weighted by Gasteiger charge is -2.24. The van der Waals surface area contributed by atoms with Crippen LogP contribution < -0.4 is 5.32 Å². The van der Waals surface area contributed by atoms with Gasteiger partial charge in [0.15, 0.2) is 5.78 Å². The summed E-state index contributed by atoms with van der Waals surface area (Å²) in [5.41, 5.74) is 1.68. The summed E-state index contributed by atoms with van der Waals surface area (Å²) in [5.74, 6) is -0.802. The molecule has 0 saturated carbocycles. The number of imide groups is 1. The Hall–Kier alpha value is -2.01. The Labute approximate surface area is 105 Å². The summed E-state index contributed by atoms with van der Waals surface area (Å²) in [4.78, 5) is 35.8. The first-order valence-corrected chi connectivity index (χ1v) is 5.69. The number of aryl methyl sites for hydroxylation is 1. The highest BCUT2D eigenvalue weighted by molar-refractivity contribution is 6.01. The summed E-state index contributed by atoms with van der Waals surface area (Å²) in [6, 6.07) is 7.23. The minimum absolute atomic E-state index is 0.0855. The summed E-state index contributed by atoms with van der Waals surface area (Å²) < 4.78 is 0. The Balaban J connectivity index is 2.00. The van der Waals surface area contributed by atoms with E-state index in [1.165, 1.54) is 0 Å². The summed E-state index contributed by atoms with van der Waals surface area (Å²) in [6.07, 6.45) is 0. The molecule has 1 aromatic rings. The van der Waals surface area contributed by atoms with E-state index in [4.69, 9.17) is 0 Å². The van der Waals surface area contributed by atoms with Crippen molar-refractivity contribution in [3.63, 3.8) is 0 Å². The fraction of sp³-hybridized carbons (Fsp3) is 0.308. The number of nitrogens with zero attached hydrogens (tertiary/aromatic N) is 1. The van der Waals surface area contributed by atoms with Crippen LogP contribution in [0, 0.1) is 6.92 Å². The van der Waals surface area contributed by atoms with Gasteiger partial charge in [-0.25, -0.2) is 0 Å². The summed E-state index contributed by atoms with van der Waals surface area (Å²) in [5, 5.41) is 2.20. The Kier molecular flexibility index (Phi) is 3.53. The second-order valence-electron chi connectivity index (χ2n) is 4.41. The van der Waals surface area contributed by atoms with E-state index in [-0.39, 0.29) is 37.2 Å². The quantitative estimate of drug-likeness (QED) is 0.608. The first-order valence-electron chi connectivity index (χ1n) is 5.69. The largest absolute Gasteiger partial charge is 0.294 e. The number of rotatable bonds is 3. The normalized spacial score (nSPS) is 16.5. The van der Waals surface area contributed by atoms with Crippen molar-refractivity contribution in [3.8, 4) is 0 Å². The number of carbonyl (C=O) groups excluding carboxylic acids is 3. The van der Waals surface area contributed by atoms with E-state index < -0.39 is 0 Å². The molecular weight excluding hydrogens is 232 g/mol. The van der Waals surface area contributed by atoms with Crippen LogP contribution >= 0.6 is 0 Å². The maximum Gasteiger partial charge on any atom is 0.240 e. The predicted octanol–water partition coefficient (Wildman–Crippen LogP) is 0.136. The zero-order valence-electron chi connectivity index (χ0n) is 10.1. The first kappa shape index (κ1) is 12.4. The number of Topliss-reactive ketones (excluding diaryl/α,β-unsaturated/α-hetero) is 1. The summed E-state index contributed by atoms with van der Waals surface area (Å²) in [7, 11) is 0. The number of piperazine rings is 1. The van der Waals surface area contributed by atoms with Gasteiger partial charge < -0.3 is 0 Å². The Bertz CT molecular complexity index is 477. The fourth-order valence-corrected chi connectivity index (χ4v) is 1.84. The van der Waals surface area contributed by atoms with Crippen LogP contribution in [0.2, 0.25) is 0 Å². The molecule has 0 radical (unpaired) electrons. The van der Waals surface area contributed by atoms with Crippen molar-refractivity contribution in [2.75, 3.05) is 19.6 Å². The molecule has 5 nitrogen and oxygen atoms in total. The Morgan fingerprint density at radius 3 is 2.28 bits per heavy atom. The molecule has 2 rings (SSSR count). The number of benzene rings is 1. The van der Waals surface area contributed by atoms with Crippen molar-refractivity contribution < 1.29 is 14.4 Å². The molecule has 1 N–H and O–H groups in total. The molecule has 1 aromatic carbocycles. The van der Waals surface area contributed by atoms with Crippen molar-refractivity contribution in [2.24, 2.45) is 0 Å². The van der Waals surface area contributed by atoms with Crippen LogP contribution in [0.15, 0.2) is 24.3 Å². The van der Waals surface area contributed by atoms with E-state index >= 15 is 0 Å². The molecule has 5 heteroatoms. The van der Waals surface area contributed by atoms with Crippen LogP contribution in [0.1, 0.15) is 15.9 Å². The van der Waals surface area contributed by atoms with Gasteiger partial charge in [-0.2, -0.15) is 0 Å². The van der Waals surface area contributed by atoms with Gasteiger partial charge in [-0.15, -0.1) is 0 Å². The lowest BCUT2D eigenvalue weighted by molar-refractivity contribution is -0.135. The lowest BCUT2D eigenvalue weighted by Crippen LogP contribution is -2.52. The molecule has 0 aliphatic carbocycles. The maximum absolute atomic E-state index is 12.0. The molecule has 0 unspecified atom stereocenters. The topological polar surface area (TPSA) is 66.5 Å². The zero-order valence-corrected chi connectivity index (χ0v) is 10.1. The van der Waals surface area contributed by atoms with Crippen molar-refractivity contribution in [2.45, 2.75) is 6.92 Å². The van der Waals surface area contributed by atoms with E-state index in [0.29, 0.717) is 5.56 Å². The number of hydrogen-bond donors (Lipinski definition) is 1. The third kappa shape index (κ3) is 3.01. The minimum Gasteiger partial charge on any atom is -0.294 e. The van der Waals surface area contributed by atoms with Crippen LogP contribution in [-0.2, 0) is 9.59 Å². The molecule has 1 heterocycles. The Morgan fingerprint density at radius 2 is 1.72 bits per heavy atom. The zero-order chi connectivity index (χ0) is 13.1. The van der Waals surface area contributed by atoms with Crippen molar-refractivity contribution in [1.29, 1.82) is 0 Å². The van der Waals surface area contributed by atoms with Gasteiger partial charge in [0.05, 0.1) is 19.6 Å². The average molecular weight is 246 g/mol. The summed E-state index contributed by atoms with van der Waals surface area (Å²) in [6.45, 7) is 2.21. The predicted molar refractivity (Wildman–Crippen MR) is 65.1 cm³/mol. The van der Waals surface area contributed by atoms with E-state index in [1.807, 2.05) is 19.1 Å². The number of carbonyl (C=O) groups is 3. The molecule has 1 fully saturated rings. The molecular formula is C13H14N2O3. The monoisotopic (exact) mass is 246 g/mol. The molecule has 0 bridgehead atoms. The molecule has 2 amide bonds. The molecule has 1 aliphatic rings.